The van der Waals surface area contributed by atoms with Crippen LogP contribution in [-0.2, 0) is 10.8 Å². The molecule has 0 aliphatic carbocycles. The predicted octanol–water partition coefficient (Wildman–Crippen LogP) is 5.64. The molecule has 0 bridgehead atoms. The van der Waals surface area contributed by atoms with Crippen LogP contribution < -0.4 is 20.7 Å². The summed E-state index contributed by atoms with van der Waals surface area (Å²) in [4.78, 5) is 0. The first-order chi connectivity index (χ1) is 15.7. The van der Waals surface area contributed by atoms with Gasteiger partial charge in [-0.3, -0.25) is 0 Å². The van der Waals surface area contributed by atoms with E-state index >= 15 is 0 Å². The second-order valence-electron chi connectivity index (χ2n) is 11.4. The zero-order valence-corrected chi connectivity index (χ0v) is 21.7. The van der Waals surface area contributed by atoms with Gasteiger partial charge in [-0.15, -0.1) is 0 Å². The van der Waals surface area contributed by atoms with Gasteiger partial charge in [0.25, 0.3) is 0 Å². The third kappa shape index (κ3) is 3.25. The van der Waals surface area contributed by atoms with Crippen molar-refractivity contribution in [2.75, 3.05) is 0 Å². The Morgan fingerprint density at radius 2 is 0.697 bits per heavy atom. The Kier molecular flexibility index (Phi) is 5.03. The normalized spacial score (nSPS) is 14.6. The molecular formula is C32H34Si. The average Bonchev–Trinajstić information content (AvgIpc) is 3.09. The molecule has 1 heteroatoms. The predicted molar refractivity (Wildman–Crippen MR) is 146 cm³/mol. The van der Waals surface area contributed by atoms with Crippen LogP contribution in [0.5, 0.6) is 0 Å². The third-order valence-corrected chi connectivity index (χ3v) is 12.2. The summed E-state index contributed by atoms with van der Waals surface area (Å²) >= 11 is 0. The lowest BCUT2D eigenvalue weighted by Crippen LogP contribution is -2.75. The fraction of sp³-hybridized carbons (Fsp3) is 0.250. The van der Waals surface area contributed by atoms with Crippen LogP contribution in [0, 0.1) is 0 Å². The highest BCUT2D eigenvalue weighted by molar-refractivity contribution is 7.22. The molecule has 0 aromatic heterocycles. The van der Waals surface area contributed by atoms with Crippen LogP contribution in [0.3, 0.4) is 0 Å². The first-order valence-electron chi connectivity index (χ1n) is 12.1. The molecule has 4 aromatic rings. The van der Waals surface area contributed by atoms with Gasteiger partial charge >= 0.3 is 0 Å². The maximum atomic E-state index is 2.44. The van der Waals surface area contributed by atoms with Crippen molar-refractivity contribution in [2.45, 2.75) is 52.4 Å². The van der Waals surface area contributed by atoms with Gasteiger partial charge in [0.05, 0.1) is 0 Å². The molecule has 0 atom stereocenters. The maximum Gasteiger partial charge on any atom is 0.181 e. The summed E-state index contributed by atoms with van der Waals surface area (Å²) in [5.41, 5.74) is 5.86. The molecule has 0 saturated heterocycles. The molecular weight excluding hydrogens is 412 g/mol. The quantitative estimate of drug-likeness (QED) is 0.308. The molecule has 0 spiro atoms. The molecule has 0 radical (unpaired) electrons. The Morgan fingerprint density at radius 3 is 1.06 bits per heavy atom. The summed E-state index contributed by atoms with van der Waals surface area (Å²) in [6, 6.07) is 36.9. The molecule has 0 fully saturated rings. The van der Waals surface area contributed by atoms with Crippen molar-refractivity contribution in [3.8, 4) is 11.1 Å². The summed E-state index contributed by atoms with van der Waals surface area (Å²) in [6.45, 7) is 14.1. The van der Waals surface area contributed by atoms with Crippen molar-refractivity contribution < 1.29 is 0 Å². The van der Waals surface area contributed by atoms with E-state index in [4.69, 9.17) is 0 Å². The van der Waals surface area contributed by atoms with Crippen LogP contribution in [0.25, 0.3) is 11.1 Å². The van der Waals surface area contributed by atoms with Gasteiger partial charge in [-0.25, -0.2) is 0 Å². The van der Waals surface area contributed by atoms with Gasteiger partial charge in [0.1, 0.15) is 0 Å². The SMILES string of the molecule is CC(C)(C)c1ccccc1[Si]1(c2ccccc2C(C)(C)C)c2ccccc2-c2ccccc21. The number of benzene rings is 4. The van der Waals surface area contributed by atoms with Gasteiger partial charge in [0.2, 0.25) is 0 Å². The molecule has 0 unspecified atom stereocenters. The van der Waals surface area contributed by atoms with Gasteiger partial charge in [-0.2, -0.15) is 0 Å². The molecule has 5 rings (SSSR count). The van der Waals surface area contributed by atoms with E-state index in [-0.39, 0.29) is 10.8 Å². The standard InChI is InChI=1S/C32H34Si/c1-31(2,3)25-17-9-13-21-29(25)33(30-22-14-10-18-26(30)32(4,5)6)27-19-11-7-15-23(27)24-16-8-12-20-28(24)33/h7-22H,1-6H3. The Hall–Kier alpha value is -2.90. The fourth-order valence-corrected chi connectivity index (χ4v) is 12.0. The van der Waals surface area contributed by atoms with Gasteiger partial charge < -0.3 is 0 Å². The molecule has 0 saturated carbocycles. The van der Waals surface area contributed by atoms with E-state index in [0.29, 0.717) is 0 Å². The number of hydrogen-bond donors (Lipinski definition) is 0. The first-order valence-corrected chi connectivity index (χ1v) is 14.1. The highest BCUT2D eigenvalue weighted by Crippen LogP contribution is 2.33. The van der Waals surface area contributed by atoms with E-state index in [0.717, 1.165) is 0 Å². The number of hydrogen-bond acceptors (Lipinski definition) is 0. The van der Waals surface area contributed by atoms with Crippen LogP contribution in [0.2, 0.25) is 0 Å². The Bertz CT molecular complexity index is 1230. The van der Waals surface area contributed by atoms with Crippen molar-refractivity contribution in [3.05, 3.63) is 108 Å². The van der Waals surface area contributed by atoms with Crippen LogP contribution in [-0.4, -0.2) is 8.07 Å². The van der Waals surface area contributed by atoms with Crippen molar-refractivity contribution >= 4 is 28.8 Å². The van der Waals surface area contributed by atoms with Gasteiger partial charge in [-0.1, -0.05) is 139 Å². The van der Waals surface area contributed by atoms with Crippen LogP contribution in [0.1, 0.15) is 52.7 Å². The molecule has 1 aliphatic heterocycles. The van der Waals surface area contributed by atoms with Gasteiger partial charge in [-0.05, 0) is 53.8 Å². The summed E-state index contributed by atoms with van der Waals surface area (Å²) in [7, 11) is -2.53. The Morgan fingerprint density at radius 1 is 0.394 bits per heavy atom. The minimum absolute atomic E-state index is 0.0553. The summed E-state index contributed by atoms with van der Waals surface area (Å²) in [5, 5.41) is 6.12. The third-order valence-electron chi connectivity index (χ3n) is 7.23. The van der Waals surface area contributed by atoms with Crippen molar-refractivity contribution in [2.24, 2.45) is 0 Å². The molecule has 1 heterocycles. The van der Waals surface area contributed by atoms with E-state index in [2.05, 4.69) is 139 Å². The Labute approximate surface area is 200 Å². The zero-order chi connectivity index (χ0) is 23.4. The van der Waals surface area contributed by atoms with Crippen LogP contribution in [0.4, 0.5) is 0 Å². The van der Waals surface area contributed by atoms with Crippen molar-refractivity contribution in [3.63, 3.8) is 0 Å². The zero-order valence-electron chi connectivity index (χ0n) is 20.7. The van der Waals surface area contributed by atoms with Crippen molar-refractivity contribution in [1.29, 1.82) is 0 Å². The topological polar surface area (TPSA) is 0 Å². The second kappa shape index (κ2) is 7.57. The van der Waals surface area contributed by atoms with E-state index in [1.54, 1.807) is 0 Å². The number of fused-ring (bicyclic) bond motifs is 3. The lowest BCUT2D eigenvalue weighted by Gasteiger charge is -2.39. The fourth-order valence-electron chi connectivity index (χ4n) is 5.89. The minimum atomic E-state index is -2.53. The molecule has 0 amide bonds. The highest BCUT2D eigenvalue weighted by atomic mass is 28.3. The van der Waals surface area contributed by atoms with E-state index in [1.165, 1.54) is 43.0 Å². The summed E-state index contributed by atoms with van der Waals surface area (Å²) in [5.74, 6) is 0. The van der Waals surface area contributed by atoms with Gasteiger partial charge in [0, 0.05) is 0 Å². The van der Waals surface area contributed by atoms with E-state index in [9.17, 15) is 0 Å². The van der Waals surface area contributed by atoms with E-state index < -0.39 is 8.07 Å². The highest BCUT2D eigenvalue weighted by Gasteiger charge is 2.51. The van der Waals surface area contributed by atoms with Crippen LogP contribution >= 0.6 is 0 Å². The smallest absolute Gasteiger partial charge is 0.0623 e. The second-order valence-corrected chi connectivity index (χ2v) is 15.1. The molecule has 1 aliphatic rings. The largest absolute Gasteiger partial charge is 0.181 e. The lowest BCUT2D eigenvalue weighted by molar-refractivity contribution is 0.593. The Balaban J connectivity index is 2.04. The van der Waals surface area contributed by atoms with Crippen molar-refractivity contribution in [1.82, 2.24) is 0 Å². The van der Waals surface area contributed by atoms with Crippen LogP contribution in [0.15, 0.2) is 97.1 Å². The first kappa shape index (κ1) is 21.9. The molecule has 33 heavy (non-hydrogen) atoms. The summed E-state index contributed by atoms with van der Waals surface area (Å²) < 4.78 is 0. The lowest BCUT2D eigenvalue weighted by atomic mass is 9.87. The van der Waals surface area contributed by atoms with Gasteiger partial charge in [0.15, 0.2) is 8.07 Å². The molecule has 166 valence electrons. The summed E-state index contributed by atoms with van der Waals surface area (Å²) in [6.07, 6.45) is 0. The van der Waals surface area contributed by atoms with E-state index in [1.807, 2.05) is 0 Å². The number of rotatable bonds is 2. The maximum absolute atomic E-state index is 2.53. The molecule has 0 N–H and O–H groups in total. The minimum Gasteiger partial charge on any atom is -0.0623 e. The molecule has 0 nitrogen and oxygen atoms in total. The molecule has 4 aromatic carbocycles. The monoisotopic (exact) mass is 446 g/mol. The average molecular weight is 447 g/mol.